The zero-order valence-corrected chi connectivity index (χ0v) is 19.5. The van der Waals surface area contributed by atoms with E-state index >= 15 is 0 Å². The van der Waals surface area contributed by atoms with Crippen molar-refractivity contribution in [2.24, 2.45) is 0 Å². The predicted octanol–water partition coefficient (Wildman–Crippen LogP) is 4.00. The van der Waals surface area contributed by atoms with Gasteiger partial charge in [0.25, 0.3) is 0 Å². The summed E-state index contributed by atoms with van der Waals surface area (Å²) in [7, 11) is 1.74. The Morgan fingerprint density at radius 3 is 1.29 bits per heavy atom. The summed E-state index contributed by atoms with van der Waals surface area (Å²) in [4.78, 5) is 10.9. The Morgan fingerprint density at radius 2 is 1.04 bits per heavy atom. The van der Waals surface area contributed by atoms with Gasteiger partial charge in [0, 0.05) is 49.0 Å². The summed E-state index contributed by atoms with van der Waals surface area (Å²) in [5.41, 5.74) is -1.10. The lowest BCUT2D eigenvalue weighted by Crippen LogP contribution is -2.60. The van der Waals surface area contributed by atoms with Gasteiger partial charge in [0.05, 0.1) is 6.10 Å². The molecule has 2 aliphatic rings. The molecule has 0 unspecified atom stereocenters. The largest absolute Gasteiger partial charge is 0.462 e. The van der Waals surface area contributed by atoms with Crippen LogP contribution in [-0.4, -0.2) is 68.0 Å². The van der Waals surface area contributed by atoms with Crippen LogP contribution in [0.2, 0.25) is 0 Å². The Balaban J connectivity index is 0.000000283. The lowest BCUT2D eigenvalue weighted by atomic mass is 9.80. The van der Waals surface area contributed by atoms with Crippen LogP contribution in [-0.2, 0) is 14.3 Å². The molecule has 0 aromatic rings. The molecule has 0 bridgehead atoms. The fourth-order valence-electron chi connectivity index (χ4n) is 4.84. The minimum atomic E-state index is -0.359. The summed E-state index contributed by atoms with van der Waals surface area (Å²) >= 11 is 0. The van der Waals surface area contributed by atoms with Crippen molar-refractivity contribution in [3.8, 4) is 0 Å². The maximum Gasteiger partial charge on any atom is 0.302 e. The lowest BCUT2D eigenvalue weighted by Gasteiger charge is -2.51. The first kappa shape index (κ1) is 25.3. The zero-order valence-electron chi connectivity index (χ0n) is 19.5. The summed E-state index contributed by atoms with van der Waals surface area (Å²) in [6, 6.07) is 0. The number of carbonyl (C=O) groups excluding carboxylic acids is 1. The van der Waals surface area contributed by atoms with Crippen LogP contribution in [0.4, 0.5) is 0 Å². The zero-order chi connectivity index (χ0) is 22.1. The van der Waals surface area contributed by atoms with Crippen molar-refractivity contribution >= 4 is 5.97 Å². The summed E-state index contributed by atoms with van der Waals surface area (Å²) in [6.07, 6.45) is 3.23. The smallest absolute Gasteiger partial charge is 0.302 e. The molecule has 2 rings (SSSR count). The highest BCUT2D eigenvalue weighted by Gasteiger charge is 2.46. The van der Waals surface area contributed by atoms with Gasteiger partial charge in [-0.25, -0.2) is 0 Å². The summed E-state index contributed by atoms with van der Waals surface area (Å²) < 4.78 is 10.6. The maximum atomic E-state index is 10.9. The Hall–Kier alpha value is -0.730. The fraction of sp³-hybridized carbons (Fsp3) is 0.952. The van der Waals surface area contributed by atoms with Crippen molar-refractivity contribution in [3.63, 3.8) is 0 Å². The van der Waals surface area contributed by atoms with E-state index < -0.39 is 0 Å². The topological polar surface area (TPSA) is 82.5 Å². The van der Waals surface area contributed by atoms with Crippen molar-refractivity contribution in [3.05, 3.63) is 0 Å². The third kappa shape index (κ3) is 6.13. The number of rotatable bonds is 2. The molecule has 0 aliphatic carbocycles. The average molecular weight is 403 g/mol. The molecule has 0 spiro atoms. The van der Waals surface area contributed by atoms with Crippen LogP contribution in [0.3, 0.4) is 0 Å². The van der Waals surface area contributed by atoms with Gasteiger partial charge < -0.3 is 19.9 Å². The number of hydrogen-bond acceptors (Lipinski definition) is 7. The van der Waals surface area contributed by atoms with Gasteiger partial charge in [0.15, 0.2) is 0 Å². The van der Waals surface area contributed by atoms with Gasteiger partial charge in [-0.3, -0.25) is 4.79 Å². The van der Waals surface area contributed by atoms with Gasteiger partial charge in [0.1, 0.15) is 6.10 Å². The molecule has 2 aliphatic heterocycles. The van der Waals surface area contributed by atoms with E-state index in [-0.39, 0.29) is 40.3 Å². The van der Waals surface area contributed by atoms with Crippen LogP contribution in [0.15, 0.2) is 0 Å². The Kier molecular flexibility index (Phi) is 7.74. The highest BCUT2D eigenvalue weighted by molar-refractivity contribution is 5.66. The number of ether oxygens (including phenoxy) is 2. The third-order valence-corrected chi connectivity index (χ3v) is 5.87. The molecule has 0 atom stereocenters. The van der Waals surface area contributed by atoms with E-state index in [4.69, 9.17) is 9.47 Å². The van der Waals surface area contributed by atoms with Gasteiger partial charge in [-0.2, -0.15) is 10.1 Å². The van der Waals surface area contributed by atoms with Gasteiger partial charge in [-0.1, -0.05) is 0 Å². The molecule has 0 amide bonds. The molecular formula is C21H42N2O5. The van der Waals surface area contributed by atoms with Gasteiger partial charge in [-0.05, 0) is 68.2 Å². The summed E-state index contributed by atoms with van der Waals surface area (Å²) in [5.74, 6) is -0.252. The highest BCUT2D eigenvalue weighted by atomic mass is 16.5. The van der Waals surface area contributed by atoms with Gasteiger partial charge in [0.2, 0.25) is 0 Å². The normalized spacial score (nSPS) is 27.6. The number of carbonyl (C=O) groups is 1. The van der Waals surface area contributed by atoms with Crippen molar-refractivity contribution in [2.75, 3.05) is 7.11 Å². The van der Waals surface area contributed by atoms with Crippen LogP contribution in [0.25, 0.3) is 0 Å². The third-order valence-electron chi connectivity index (χ3n) is 5.87. The van der Waals surface area contributed by atoms with Crippen molar-refractivity contribution in [1.29, 1.82) is 0 Å². The Bertz CT molecular complexity index is 509. The lowest BCUT2D eigenvalue weighted by molar-refractivity contribution is -0.259. The molecule has 0 radical (unpaired) electrons. The first-order chi connectivity index (χ1) is 12.4. The monoisotopic (exact) mass is 402 g/mol. The van der Waals surface area contributed by atoms with E-state index in [1.165, 1.54) is 17.1 Å². The second kappa shape index (κ2) is 8.56. The minimum Gasteiger partial charge on any atom is -0.462 e. The van der Waals surface area contributed by atoms with E-state index in [9.17, 15) is 15.2 Å². The molecule has 7 nitrogen and oxygen atoms in total. The molecule has 2 fully saturated rings. The fourth-order valence-corrected chi connectivity index (χ4v) is 4.84. The minimum absolute atomic E-state index is 0.101. The van der Waals surface area contributed by atoms with E-state index in [0.717, 1.165) is 12.8 Å². The van der Waals surface area contributed by atoms with Crippen LogP contribution >= 0.6 is 0 Å². The first-order valence-electron chi connectivity index (χ1n) is 10.1. The van der Waals surface area contributed by atoms with Crippen molar-refractivity contribution < 1.29 is 24.7 Å². The molecule has 2 heterocycles. The number of methoxy groups -OCH3 is 1. The van der Waals surface area contributed by atoms with Crippen LogP contribution in [0, 0.1) is 0 Å². The second-order valence-electron chi connectivity index (χ2n) is 10.8. The van der Waals surface area contributed by atoms with Crippen LogP contribution < -0.4 is 0 Å². The van der Waals surface area contributed by atoms with Gasteiger partial charge >= 0.3 is 5.97 Å². The highest BCUT2D eigenvalue weighted by Crippen LogP contribution is 2.38. The molecule has 2 N–H and O–H groups in total. The number of nitrogens with zero attached hydrogens (tertiary/aromatic N) is 2. The summed E-state index contributed by atoms with van der Waals surface area (Å²) in [5, 5.41) is 22.8. The predicted molar refractivity (Wildman–Crippen MR) is 108 cm³/mol. The molecule has 0 aromatic heterocycles. The Labute approximate surface area is 170 Å². The number of hydrogen-bond donors (Lipinski definition) is 2. The molecule has 0 aromatic carbocycles. The Morgan fingerprint density at radius 1 is 0.750 bits per heavy atom. The molecule has 7 heteroatoms. The van der Waals surface area contributed by atoms with Crippen LogP contribution in [0.1, 0.15) is 88.0 Å². The maximum absolute atomic E-state index is 10.9. The van der Waals surface area contributed by atoms with E-state index in [1.807, 2.05) is 55.4 Å². The van der Waals surface area contributed by atoms with Crippen molar-refractivity contribution in [2.45, 2.75) is 122 Å². The van der Waals surface area contributed by atoms with Gasteiger partial charge in [-0.15, -0.1) is 0 Å². The van der Waals surface area contributed by atoms with Crippen LogP contribution in [0.5, 0.6) is 0 Å². The van der Waals surface area contributed by atoms with Crippen molar-refractivity contribution in [1.82, 2.24) is 10.1 Å². The molecule has 0 saturated carbocycles. The molecule has 28 heavy (non-hydrogen) atoms. The summed E-state index contributed by atoms with van der Waals surface area (Å²) in [6.45, 7) is 17.4. The SMILES string of the molecule is CC(=O)OC1CC(C)(C)N(O)C(C)(C)C1.COC1CC(C)(C)N(O)C(C)(C)C1. The number of piperidine rings is 2. The average Bonchev–Trinajstić information content (AvgIpc) is 2.49. The quantitative estimate of drug-likeness (QED) is 0.675. The standard InChI is InChI=1S/C11H21NO3.C10H21NO2/c1-8(13)15-9-6-10(2,3)12(14)11(4,5)7-9;1-9(2)6-8(13-5)7-10(3,4)11(9)12/h9,14H,6-7H2,1-5H3;8,12H,6-7H2,1-5H3. The van der Waals surface area contributed by atoms with E-state index in [1.54, 1.807) is 7.11 Å². The van der Waals surface area contributed by atoms with E-state index in [0.29, 0.717) is 12.8 Å². The van der Waals surface area contributed by atoms with E-state index in [2.05, 4.69) is 0 Å². The molecule has 166 valence electrons. The number of esters is 1. The second-order valence-corrected chi connectivity index (χ2v) is 10.8. The first-order valence-corrected chi connectivity index (χ1v) is 10.1. The number of hydroxylamine groups is 4. The molecular weight excluding hydrogens is 360 g/mol. The molecule has 2 saturated heterocycles.